The minimum atomic E-state index is 0.788. The third kappa shape index (κ3) is 51.1. The minimum Gasteiger partial charge on any atom is -0.302 e. The minimum absolute atomic E-state index is 0.788. The van der Waals surface area contributed by atoms with Crippen molar-refractivity contribution in [2.24, 2.45) is 29.6 Å². The summed E-state index contributed by atoms with van der Waals surface area (Å²) in [7, 11) is 0. The lowest BCUT2D eigenvalue weighted by Gasteiger charge is -2.38. The monoisotopic (exact) mass is 1130 g/mol. The van der Waals surface area contributed by atoms with Gasteiger partial charge in [0.1, 0.15) is 0 Å². The summed E-state index contributed by atoms with van der Waals surface area (Å²) in [4.78, 5) is 14.6. The lowest BCUT2D eigenvalue weighted by atomic mass is 9.98. The molecular weight excluding hydrogens is 971 g/mol. The van der Waals surface area contributed by atoms with Crippen LogP contribution in [-0.2, 0) is 0 Å². The number of nitrogens with zero attached hydrogens (tertiary/aromatic N) is 5. The van der Waals surface area contributed by atoms with Gasteiger partial charge >= 0.3 is 0 Å². The second-order valence-electron chi connectivity index (χ2n) is 28.3. The van der Waals surface area contributed by atoms with Gasteiger partial charge in [0.15, 0.2) is 0 Å². The van der Waals surface area contributed by atoms with Crippen LogP contribution in [0.5, 0.6) is 0 Å². The SMILES string of the molecule is CCCCCCCCCCC(C)CN(CCN1CCN(CCN(CC(C)CCCCCCCCCC)CC(C)CCCCCCCCCC)CC1)CCN(CC(C)CCCCCCCCCC)CC(C)CCCCCCCCCC. The quantitative estimate of drug-likeness (QED) is 0.0563. The highest BCUT2D eigenvalue weighted by atomic mass is 15.3. The molecule has 80 heavy (non-hydrogen) atoms. The first kappa shape index (κ1) is 77.8. The second-order valence-corrected chi connectivity index (χ2v) is 28.3. The van der Waals surface area contributed by atoms with Crippen LogP contribution in [-0.4, -0.2) is 123 Å². The summed E-state index contributed by atoms with van der Waals surface area (Å²) in [5.41, 5.74) is 0. The molecule has 0 radical (unpaired) electrons. The van der Waals surface area contributed by atoms with Gasteiger partial charge in [-0.05, 0) is 61.7 Å². The highest BCUT2D eigenvalue weighted by molar-refractivity contribution is 4.78. The Morgan fingerprint density at radius 2 is 0.400 bits per heavy atom. The van der Waals surface area contributed by atoms with Crippen LogP contribution in [0.4, 0.5) is 0 Å². The Labute approximate surface area is 508 Å². The number of hydrogen-bond donors (Lipinski definition) is 0. The Hall–Kier alpha value is -0.200. The van der Waals surface area contributed by atoms with Crippen molar-refractivity contribution in [2.45, 2.75) is 358 Å². The highest BCUT2D eigenvalue weighted by Crippen LogP contribution is 2.22. The third-order valence-electron chi connectivity index (χ3n) is 19.3. The fourth-order valence-electron chi connectivity index (χ4n) is 13.7. The molecule has 0 amide bonds. The molecule has 1 rings (SSSR count). The van der Waals surface area contributed by atoms with E-state index in [-0.39, 0.29) is 0 Å². The van der Waals surface area contributed by atoms with E-state index in [4.69, 9.17) is 0 Å². The van der Waals surface area contributed by atoms with Gasteiger partial charge in [0.25, 0.3) is 0 Å². The molecule has 1 aliphatic rings. The molecule has 0 bridgehead atoms. The van der Waals surface area contributed by atoms with E-state index in [1.807, 2.05) is 0 Å². The van der Waals surface area contributed by atoms with Crippen molar-refractivity contribution >= 4 is 0 Å². The maximum absolute atomic E-state index is 2.97. The van der Waals surface area contributed by atoms with E-state index in [1.54, 1.807) is 0 Å². The van der Waals surface area contributed by atoms with Crippen molar-refractivity contribution in [1.82, 2.24) is 24.5 Å². The predicted octanol–water partition coefficient (Wildman–Crippen LogP) is 22.3. The number of hydrogen-bond acceptors (Lipinski definition) is 5. The summed E-state index contributed by atoms with van der Waals surface area (Å²) in [5.74, 6) is 4.01. The van der Waals surface area contributed by atoms with Crippen molar-refractivity contribution in [3.05, 3.63) is 0 Å². The van der Waals surface area contributed by atoms with Crippen LogP contribution in [0.2, 0.25) is 0 Å². The Morgan fingerprint density at radius 3 is 0.637 bits per heavy atom. The Kier molecular flexibility index (Phi) is 57.5. The van der Waals surface area contributed by atoms with E-state index in [9.17, 15) is 0 Å². The molecule has 0 saturated carbocycles. The summed E-state index contributed by atoms with van der Waals surface area (Å²) >= 11 is 0. The average Bonchev–Trinajstić information content (AvgIpc) is 3.44. The van der Waals surface area contributed by atoms with Crippen molar-refractivity contribution < 1.29 is 0 Å². The van der Waals surface area contributed by atoms with E-state index < -0.39 is 0 Å². The van der Waals surface area contributed by atoms with Gasteiger partial charge in [0.05, 0.1) is 0 Å². The molecule has 0 N–H and O–H groups in total. The lowest BCUT2D eigenvalue weighted by Crippen LogP contribution is -2.51. The van der Waals surface area contributed by atoms with E-state index in [0.29, 0.717) is 0 Å². The van der Waals surface area contributed by atoms with E-state index >= 15 is 0 Å². The molecule has 5 nitrogen and oxygen atoms in total. The molecule has 480 valence electrons. The Balaban J connectivity index is 2.94. The van der Waals surface area contributed by atoms with E-state index in [1.165, 1.54) is 387 Å². The van der Waals surface area contributed by atoms with Crippen molar-refractivity contribution in [3.8, 4) is 0 Å². The summed E-state index contributed by atoms with van der Waals surface area (Å²) in [5, 5.41) is 0. The first-order valence-corrected chi connectivity index (χ1v) is 37.7. The molecule has 1 aliphatic heterocycles. The predicted molar refractivity (Wildman–Crippen MR) is 364 cm³/mol. The summed E-state index contributed by atoms with van der Waals surface area (Å²) in [6.07, 6.45) is 64.4. The molecule has 5 heteroatoms. The van der Waals surface area contributed by atoms with Crippen LogP contribution in [0.3, 0.4) is 0 Å². The zero-order valence-electron chi connectivity index (χ0n) is 57.5. The van der Waals surface area contributed by atoms with E-state index in [2.05, 4.69) is 93.7 Å². The third-order valence-corrected chi connectivity index (χ3v) is 19.3. The van der Waals surface area contributed by atoms with Gasteiger partial charge in [-0.15, -0.1) is 0 Å². The molecule has 5 atom stereocenters. The highest BCUT2D eigenvalue weighted by Gasteiger charge is 2.22. The van der Waals surface area contributed by atoms with Gasteiger partial charge in [-0.25, -0.2) is 0 Å². The maximum Gasteiger partial charge on any atom is 0.0110 e. The molecule has 0 aromatic heterocycles. The zero-order chi connectivity index (χ0) is 58.2. The van der Waals surface area contributed by atoms with Gasteiger partial charge in [0.2, 0.25) is 0 Å². The molecule has 5 unspecified atom stereocenters. The van der Waals surface area contributed by atoms with Crippen molar-refractivity contribution in [1.29, 1.82) is 0 Å². The number of piperazine rings is 1. The number of rotatable bonds is 64. The van der Waals surface area contributed by atoms with Crippen LogP contribution >= 0.6 is 0 Å². The van der Waals surface area contributed by atoms with Crippen LogP contribution in [0.1, 0.15) is 358 Å². The standard InChI is InChI=1S/C75H155N5/c1-11-16-21-26-31-36-41-46-51-71(6)66-78(63-65-80(69-74(9)54-49-44-39-34-29-24-19-14-4)70-75(10)55-50-45-40-35-30-25-20-15-5)62-60-76-56-58-77(59-57-76)61-64-79(67-72(7)52-47-42-37-32-27-22-17-12-2)68-73(8)53-48-43-38-33-28-23-18-13-3/h71-75H,11-70H2,1-10H3. The molecule has 0 aromatic rings. The van der Waals surface area contributed by atoms with Gasteiger partial charge in [-0.3, -0.25) is 9.80 Å². The van der Waals surface area contributed by atoms with Gasteiger partial charge in [-0.1, -0.05) is 326 Å². The summed E-state index contributed by atoms with van der Waals surface area (Å²) in [6, 6.07) is 0. The molecule has 1 saturated heterocycles. The summed E-state index contributed by atoms with van der Waals surface area (Å²) < 4.78 is 0. The molecule has 0 aromatic carbocycles. The molecule has 1 heterocycles. The Morgan fingerprint density at radius 1 is 0.225 bits per heavy atom. The van der Waals surface area contributed by atoms with Crippen LogP contribution < -0.4 is 0 Å². The average molecular weight is 1130 g/mol. The fourth-order valence-corrected chi connectivity index (χ4v) is 13.7. The first-order valence-electron chi connectivity index (χ1n) is 37.7. The van der Waals surface area contributed by atoms with Crippen LogP contribution in [0, 0.1) is 29.6 Å². The fraction of sp³-hybridized carbons (Fsp3) is 1.00. The number of unbranched alkanes of at least 4 members (excludes halogenated alkanes) is 35. The van der Waals surface area contributed by atoms with Crippen molar-refractivity contribution in [3.63, 3.8) is 0 Å². The van der Waals surface area contributed by atoms with Gasteiger partial charge < -0.3 is 14.7 Å². The molecule has 0 aliphatic carbocycles. The first-order chi connectivity index (χ1) is 39.1. The maximum atomic E-state index is 2.97. The topological polar surface area (TPSA) is 16.2 Å². The largest absolute Gasteiger partial charge is 0.302 e. The Bertz CT molecular complexity index is 1130. The normalized spacial score (nSPS) is 15.7. The van der Waals surface area contributed by atoms with Gasteiger partial charge in [0, 0.05) is 98.2 Å². The molecule has 1 fully saturated rings. The smallest absolute Gasteiger partial charge is 0.0110 e. The zero-order valence-corrected chi connectivity index (χ0v) is 57.5. The van der Waals surface area contributed by atoms with Crippen LogP contribution in [0.15, 0.2) is 0 Å². The molecule has 0 spiro atoms. The summed E-state index contributed by atoms with van der Waals surface area (Å²) in [6.45, 7) is 43.7. The lowest BCUT2D eigenvalue weighted by molar-refractivity contribution is 0.0949. The van der Waals surface area contributed by atoms with Crippen LogP contribution in [0.25, 0.3) is 0 Å². The van der Waals surface area contributed by atoms with E-state index in [0.717, 1.165) is 29.6 Å². The second kappa shape index (κ2) is 59.1. The van der Waals surface area contributed by atoms with Gasteiger partial charge in [-0.2, -0.15) is 0 Å². The molecular formula is C75H155N5. The van der Waals surface area contributed by atoms with Crippen molar-refractivity contribution in [2.75, 3.05) is 98.2 Å².